The summed E-state index contributed by atoms with van der Waals surface area (Å²) in [6.45, 7) is 4.13. The summed E-state index contributed by atoms with van der Waals surface area (Å²) in [5.74, 6) is 3.95. The lowest BCUT2D eigenvalue weighted by Crippen LogP contribution is -2.51. The van der Waals surface area contributed by atoms with Gasteiger partial charge in [-0.1, -0.05) is 6.92 Å². The van der Waals surface area contributed by atoms with Crippen molar-refractivity contribution in [2.75, 3.05) is 13.1 Å². The second-order valence-electron chi connectivity index (χ2n) is 7.40. The molecule has 4 aliphatic rings. The Morgan fingerprint density at radius 3 is 2.63 bits per heavy atom. The Hall–Kier alpha value is -0.570. The van der Waals surface area contributed by atoms with Gasteiger partial charge in [-0.05, 0) is 68.7 Å². The van der Waals surface area contributed by atoms with Gasteiger partial charge < -0.3 is 10.6 Å². The predicted molar refractivity (Wildman–Crippen MR) is 74.6 cm³/mol. The molecule has 19 heavy (non-hydrogen) atoms. The first kappa shape index (κ1) is 12.2. The van der Waals surface area contributed by atoms with E-state index in [9.17, 15) is 4.79 Å². The van der Waals surface area contributed by atoms with Gasteiger partial charge in [0.25, 0.3) is 0 Å². The molecule has 3 nitrogen and oxygen atoms in total. The van der Waals surface area contributed by atoms with Gasteiger partial charge >= 0.3 is 0 Å². The van der Waals surface area contributed by atoms with Gasteiger partial charge in [0, 0.05) is 12.6 Å². The molecule has 2 N–H and O–H groups in total. The van der Waals surface area contributed by atoms with Gasteiger partial charge in [-0.2, -0.15) is 0 Å². The molecule has 0 spiro atoms. The lowest BCUT2D eigenvalue weighted by atomic mass is 9.77. The van der Waals surface area contributed by atoms with Crippen LogP contribution in [0.4, 0.5) is 0 Å². The maximum absolute atomic E-state index is 12.7. The Morgan fingerprint density at radius 2 is 2.05 bits per heavy atom. The van der Waals surface area contributed by atoms with Crippen molar-refractivity contribution in [3.8, 4) is 0 Å². The fourth-order valence-electron chi connectivity index (χ4n) is 5.45. The van der Waals surface area contributed by atoms with Crippen molar-refractivity contribution in [1.82, 2.24) is 10.6 Å². The Kier molecular flexibility index (Phi) is 2.70. The molecule has 0 aromatic heterocycles. The van der Waals surface area contributed by atoms with E-state index in [-0.39, 0.29) is 5.41 Å². The SMILES string of the molecule is CCC1(C(=O)NC2C3C4CCC(C4)C23)CCCNC1. The van der Waals surface area contributed by atoms with E-state index < -0.39 is 0 Å². The number of piperidine rings is 1. The molecule has 5 atom stereocenters. The largest absolute Gasteiger partial charge is 0.352 e. The average Bonchev–Trinajstić information content (AvgIpc) is 2.85. The topological polar surface area (TPSA) is 41.1 Å². The molecule has 1 amide bonds. The van der Waals surface area contributed by atoms with Gasteiger partial charge in [-0.25, -0.2) is 0 Å². The lowest BCUT2D eigenvalue weighted by Gasteiger charge is -2.35. The fourth-order valence-corrected chi connectivity index (χ4v) is 5.45. The van der Waals surface area contributed by atoms with Gasteiger partial charge in [-0.15, -0.1) is 0 Å². The quantitative estimate of drug-likeness (QED) is 0.816. The van der Waals surface area contributed by atoms with E-state index >= 15 is 0 Å². The van der Waals surface area contributed by atoms with Crippen LogP contribution in [0.15, 0.2) is 0 Å². The summed E-state index contributed by atoms with van der Waals surface area (Å²) in [5, 5.41) is 6.86. The van der Waals surface area contributed by atoms with Crippen LogP contribution in [0, 0.1) is 29.1 Å². The Bertz CT molecular complexity index is 372. The molecule has 0 aromatic carbocycles. The maximum Gasteiger partial charge on any atom is 0.227 e. The monoisotopic (exact) mass is 262 g/mol. The summed E-state index contributed by atoms with van der Waals surface area (Å²) >= 11 is 0. The minimum absolute atomic E-state index is 0.117. The number of hydrogen-bond acceptors (Lipinski definition) is 2. The van der Waals surface area contributed by atoms with Crippen LogP contribution in [-0.2, 0) is 4.79 Å². The van der Waals surface area contributed by atoms with E-state index in [1.807, 2.05) is 0 Å². The second kappa shape index (κ2) is 4.21. The molecule has 2 bridgehead atoms. The third-order valence-corrected chi connectivity index (χ3v) is 6.66. The molecular formula is C16H26N2O. The van der Waals surface area contributed by atoms with Gasteiger partial charge in [0.05, 0.1) is 5.41 Å². The molecule has 4 fully saturated rings. The van der Waals surface area contributed by atoms with Crippen molar-refractivity contribution in [3.63, 3.8) is 0 Å². The van der Waals surface area contributed by atoms with E-state index in [1.165, 1.54) is 19.3 Å². The summed E-state index contributed by atoms with van der Waals surface area (Å²) in [6, 6.07) is 0.545. The molecule has 5 unspecified atom stereocenters. The van der Waals surface area contributed by atoms with Crippen LogP contribution < -0.4 is 10.6 Å². The van der Waals surface area contributed by atoms with E-state index in [0.717, 1.165) is 56.0 Å². The van der Waals surface area contributed by atoms with Crippen molar-refractivity contribution >= 4 is 5.91 Å². The molecule has 0 aromatic rings. The lowest BCUT2D eigenvalue weighted by molar-refractivity contribution is -0.132. The van der Waals surface area contributed by atoms with E-state index in [0.29, 0.717) is 11.9 Å². The molecule has 1 aliphatic heterocycles. The number of amides is 1. The highest BCUT2D eigenvalue weighted by atomic mass is 16.2. The van der Waals surface area contributed by atoms with E-state index in [2.05, 4.69) is 17.6 Å². The first-order valence-electron chi connectivity index (χ1n) is 8.27. The predicted octanol–water partition coefficient (Wildman–Crippen LogP) is 1.93. The van der Waals surface area contributed by atoms with Crippen molar-refractivity contribution in [2.45, 2.75) is 51.5 Å². The minimum Gasteiger partial charge on any atom is -0.352 e. The minimum atomic E-state index is -0.117. The highest BCUT2D eigenvalue weighted by Gasteiger charge is 2.65. The average molecular weight is 262 g/mol. The van der Waals surface area contributed by atoms with Crippen molar-refractivity contribution in [3.05, 3.63) is 0 Å². The summed E-state index contributed by atoms with van der Waals surface area (Å²) < 4.78 is 0. The van der Waals surface area contributed by atoms with Crippen LogP contribution in [0.25, 0.3) is 0 Å². The summed E-state index contributed by atoms with van der Waals surface area (Å²) in [5.41, 5.74) is -0.117. The molecule has 3 saturated carbocycles. The van der Waals surface area contributed by atoms with E-state index in [1.54, 1.807) is 0 Å². The maximum atomic E-state index is 12.7. The zero-order chi connectivity index (χ0) is 13.0. The van der Waals surface area contributed by atoms with Crippen molar-refractivity contribution < 1.29 is 4.79 Å². The smallest absolute Gasteiger partial charge is 0.227 e. The first-order chi connectivity index (χ1) is 9.25. The van der Waals surface area contributed by atoms with Crippen LogP contribution in [0.5, 0.6) is 0 Å². The van der Waals surface area contributed by atoms with Crippen LogP contribution in [0.1, 0.15) is 45.4 Å². The van der Waals surface area contributed by atoms with Gasteiger partial charge in [0.15, 0.2) is 0 Å². The van der Waals surface area contributed by atoms with Crippen LogP contribution >= 0.6 is 0 Å². The molecule has 0 radical (unpaired) electrons. The highest BCUT2D eigenvalue weighted by molar-refractivity contribution is 5.83. The molecule has 1 heterocycles. The first-order valence-corrected chi connectivity index (χ1v) is 8.27. The molecule has 3 aliphatic carbocycles. The van der Waals surface area contributed by atoms with Crippen molar-refractivity contribution in [1.29, 1.82) is 0 Å². The van der Waals surface area contributed by atoms with Crippen LogP contribution in [0.2, 0.25) is 0 Å². The highest BCUT2D eigenvalue weighted by Crippen LogP contribution is 2.65. The van der Waals surface area contributed by atoms with Gasteiger partial charge in [-0.3, -0.25) is 4.79 Å². The number of carbonyl (C=O) groups excluding carboxylic acids is 1. The Morgan fingerprint density at radius 1 is 1.32 bits per heavy atom. The normalized spacial score (nSPS) is 50.9. The van der Waals surface area contributed by atoms with Gasteiger partial charge in [0.2, 0.25) is 5.91 Å². The third kappa shape index (κ3) is 1.70. The molecule has 1 saturated heterocycles. The fraction of sp³-hybridized carbons (Fsp3) is 0.938. The summed E-state index contributed by atoms with van der Waals surface area (Å²) in [6.07, 6.45) is 7.50. The zero-order valence-corrected chi connectivity index (χ0v) is 12.0. The third-order valence-electron chi connectivity index (χ3n) is 6.66. The summed E-state index contributed by atoms with van der Waals surface area (Å²) in [4.78, 5) is 12.7. The number of fused-ring (bicyclic) bond motifs is 5. The zero-order valence-electron chi connectivity index (χ0n) is 12.0. The second-order valence-corrected chi connectivity index (χ2v) is 7.40. The summed E-state index contributed by atoms with van der Waals surface area (Å²) in [7, 11) is 0. The Balaban J connectivity index is 1.42. The number of nitrogens with one attached hydrogen (secondary N) is 2. The van der Waals surface area contributed by atoms with Crippen LogP contribution in [-0.4, -0.2) is 25.0 Å². The Labute approximate surface area is 115 Å². The van der Waals surface area contributed by atoms with Gasteiger partial charge in [0.1, 0.15) is 0 Å². The van der Waals surface area contributed by atoms with E-state index in [4.69, 9.17) is 0 Å². The molecule has 106 valence electrons. The standard InChI is InChI=1S/C16H26N2O/c1-2-16(6-3-7-17-9-16)15(19)18-14-12-10-4-5-11(8-10)13(12)14/h10-14,17H,2-9H2,1H3,(H,18,19). The molecule has 3 heteroatoms. The number of hydrogen-bond donors (Lipinski definition) is 2. The number of carbonyl (C=O) groups is 1. The number of rotatable bonds is 3. The molecular weight excluding hydrogens is 236 g/mol. The van der Waals surface area contributed by atoms with Crippen molar-refractivity contribution in [2.24, 2.45) is 29.1 Å². The van der Waals surface area contributed by atoms with Crippen LogP contribution in [0.3, 0.4) is 0 Å². The molecule has 4 rings (SSSR count).